The summed E-state index contributed by atoms with van der Waals surface area (Å²) in [6.45, 7) is 7.22. The molecular weight excluding hydrogens is 451 g/mol. The molecule has 1 heterocycles. The summed E-state index contributed by atoms with van der Waals surface area (Å²) in [5.41, 5.74) is 1.23. The van der Waals surface area contributed by atoms with Gasteiger partial charge in [-0.3, -0.25) is 0 Å². The summed E-state index contributed by atoms with van der Waals surface area (Å²) in [7, 11) is 0. The third-order valence-electron chi connectivity index (χ3n) is 4.29. The lowest BCUT2D eigenvalue weighted by atomic mass is 10.1. The Morgan fingerprint density at radius 1 is 1.07 bits per heavy atom. The zero-order chi connectivity index (χ0) is 18.2. The number of fused-ring (bicyclic) bond motifs is 1. The highest BCUT2D eigenvalue weighted by molar-refractivity contribution is 14.0. The zero-order valence-corrected chi connectivity index (χ0v) is 18.2. The number of rotatable bonds is 7. The van der Waals surface area contributed by atoms with Crippen LogP contribution in [0.5, 0.6) is 0 Å². The highest BCUT2D eigenvalue weighted by Gasteiger charge is 2.03. The van der Waals surface area contributed by atoms with Crippen molar-refractivity contribution < 1.29 is 0 Å². The molecule has 2 N–H and O–H groups in total. The van der Waals surface area contributed by atoms with Gasteiger partial charge in [0.25, 0.3) is 0 Å². The third-order valence-corrected chi connectivity index (χ3v) is 4.29. The molecule has 0 saturated heterocycles. The van der Waals surface area contributed by atoms with E-state index in [0.717, 1.165) is 37.8 Å². The van der Waals surface area contributed by atoms with Crippen LogP contribution in [0.2, 0.25) is 0 Å². The van der Waals surface area contributed by atoms with E-state index in [2.05, 4.69) is 81.7 Å². The third kappa shape index (κ3) is 5.66. The number of hydrogen-bond donors (Lipinski definition) is 2. The van der Waals surface area contributed by atoms with Gasteiger partial charge in [-0.05, 0) is 23.3 Å². The first-order valence-corrected chi connectivity index (χ1v) is 9.17. The molecule has 0 amide bonds. The summed E-state index contributed by atoms with van der Waals surface area (Å²) < 4.78 is 2.07. The maximum atomic E-state index is 4.75. The Labute approximate surface area is 177 Å². The van der Waals surface area contributed by atoms with E-state index < -0.39 is 0 Å². The lowest BCUT2D eigenvalue weighted by Crippen LogP contribution is -2.38. The van der Waals surface area contributed by atoms with Crippen LogP contribution in [0.1, 0.15) is 25.2 Å². The maximum Gasteiger partial charge on any atom is 0.191 e. The average Bonchev–Trinajstić information content (AvgIpc) is 3.13. The van der Waals surface area contributed by atoms with Crippen LogP contribution in [0.4, 0.5) is 0 Å². The Kier molecular flexibility index (Phi) is 8.50. The Hall–Kier alpha value is -2.16. The van der Waals surface area contributed by atoms with Crippen LogP contribution in [0, 0.1) is 0 Å². The van der Waals surface area contributed by atoms with Crippen LogP contribution >= 0.6 is 24.0 Å². The van der Waals surface area contributed by atoms with Crippen LogP contribution in [0.15, 0.2) is 53.8 Å². The Morgan fingerprint density at radius 2 is 1.89 bits per heavy atom. The number of aromatic nitrogens is 3. The molecular formula is C20H27IN6. The van der Waals surface area contributed by atoms with Gasteiger partial charge in [0.1, 0.15) is 12.2 Å². The monoisotopic (exact) mass is 478 g/mol. The molecule has 144 valence electrons. The molecule has 0 spiro atoms. The molecule has 0 unspecified atom stereocenters. The molecule has 6 nitrogen and oxygen atoms in total. The number of guanidine groups is 1. The first-order valence-electron chi connectivity index (χ1n) is 9.17. The smallest absolute Gasteiger partial charge is 0.191 e. The zero-order valence-electron chi connectivity index (χ0n) is 15.9. The van der Waals surface area contributed by atoms with Gasteiger partial charge >= 0.3 is 0 Å². The van der Waals surface area contributed by atoms with Crippen molar-refractivity contribution in [1.29, 1.82) is 0 Å². The van der Waals surface area contributed by atoms with Crippen molar-refractivity contribution in [3.8, 4) is 0 Å². The molecule has 7 heteroatoms. The molecule has 3 rings (SSSR count). The second-order valence-corrected chi connectivity index (χ2v) is 6.05. The first kappa shape index (κ1) is 21.1. The summed E-state index contributed by atoms with van der Waals surface area (Å²) in [4.78, 5) is 4.75. The normalized spacial score (nSPS) is 11.3. The van der Waals surface area contributed by atoms with E-state index in [1.54, 1.807) is 6.33 Å². The van der Waals surface area contributed by atoms with Crippen LogP contribution in [-0.2, 0) is 19.5 Å². The number of nitrogens with one attached hydrogen (secondary N) is 2. The first-order chi connectivity index (χ1) is 12.8. The SMILES string of the molecule is CCNC(=NCc1cccc2ccccc12)NCCn1cnnc1CC.I. The van der Waals surface area contributed by atoms with E-state index >= 15 is 0 Å². The summed E-state index contributed by atoms with van der Waals surface area (Å²) in [5.74, 6) is 1.83. The molecule has 0 aliphatic carbocycles. The van der Waals surface area contributed by atoms with Crippen molar-refractivity contribution in [3.63, 3.8) is 0 Å². The molecule has 27 heavy (non-hydrogen) atoms. The summed E-state index contributed by atoms with van der Waals surface area (Å²) in [6.07, 6.45) is 2.66. The molecule has 0 saturated carbocycles. The molecule has 3 aromatic rings. The van der Waals surface area contributed by atoms with Gasteiger partial charge < -0.3 is 15.2 Å². The predicted octanol–water partition coefficient (Wildman–Crippen LogP) is 3.37. The fourth-order valence-corrected chi connectivity index (χ4v) is 2.97. The molecule has 0 fully saturated rings. The molecule has 2 aromatic carbocycles. The van der Waals surface area contributed by atoms with Gasteiger partial charge in [0.2, 0.25) is 0 Å². The van der Waals surface area contributed by atoms with Crippen molar-refractivity contribution in [2.24, 2.45) is 4.99 Å². The van der Waals surface area contributed by atoms with E-state index in [1.807, 2.05) is 0 Å². The number of hydrogen-bond acceptors (Lipinski definition) is 3. The minimum Gasteiger partial charge on any atom is -0.357 e. The lowest BCUT2D eigenvalue weighted by molar-refractivity contribution is 0.632. The van der Waals surface area contributed by atoms with Gasteiger partial charge in [-0.25, -0.2) is 4.99 Å². The van der Waals surface area contributed by atoms with Crippen molar-refractivity contribution in [2.45, 2.75) is 33.4 Å². The van der Waals surface area contributed by atoms with Crippen LogP contribution in [0.3, 0.4) is 0 Å². The van der Waals surface area contributed by atoms with E-state index in [1.165, 1.54) is 16.3 Å². The van der Waals surface area contributed by atoms with Gasteiger partial charge in [-0.15, -0.1) is 34.2 Å². The highest BCUT2D eigenvalue weighted by atomic mass is 127. The van der Waals surface area contributed by atoms with Gasteiger partial charge in [0.05, 0.1) is 6.54 Å². The quantitative estimate of drug-likeness (QED) is 0.311. The molecule has 0 aliphatic rings. The fourth-order valence-electron chi connectivity index (χ4n) is 2.97. The number of aryl methyl sites for hydroxylation is 1. The van der Waals surface area contributed by atoms with Crippen molar-refractivity contribution >= 4 is 40.7 Å². The number of aliphatic imine (C=N–C) groups is 1. The standard InChI is InChI=1S/C20H26N6.HI/c1-3-19-25-24-15-26(19)13-12-22-20(21-4-2)23-14-17-10-7-9-16-8-5-6-11-18(16)17;/h5-11,15H,3-4,12-14H2,1-2H3,(H2,21,22,23);1H. The average molecular weight is 478 g/mol. The van der Waals surface area contributed by atoms with Crippen LogP contribution < -0.4 is 10.6 Å². The summed E-state index contributed by atoms with van der Waals surface area (Å²) >= 11 is 0. The second-order valence-electron chi connectivity index (χ2n) is 6.05. The summed E-state index contributed by atoms with van der Waals surface area (Å²) in [5, 5.41) is 17.3. The highest BCUT2D eigenvalue weighted by Crippen LogP contribution is 2.19. The van der Waals surface area contributed by atoms with Gasteiger partial charge in [-0.1, -0.05) is 49.4 Å². The minimum atomic E-state index is 0. The van der Waals surface area contributed by atoms with Crippen molar-refractivity contribution in [3.05, 3.63) is 60.2 Å². The van der Waals surface area contributed by atoms with E-state index in [4.69, 9.17) is 4.99 Å². The van der Waals surface area contributed by atoms with Gasteiger partial charge in [0, 0.05) is 26.1 Å². The number of benzene rings is 2. The molecule has 0 bridgehead atoms. The lowest BCUT2D eigenvalue weighted by Gasteiger charge is -2.12. The van der Waals surface area contributed by atoms with E-state index in [0.29, 0.717) is 6.54 Å². The van der Waals surface area contributed by atoms with Crippen LogP contribution in [0.25, 0.3) is 10.8 Å². The van der Waals surface area contributed by atoms with Gasteiger partial charge in [-0.2, -0.15) is 0 Å². The van der Waals surface area contributed by atoms with Crippen molar-refractivity contribution in [1.82, 2.24) is 25.4 Å². The minimum absolute atomic E-state index is 0. The Morgan fingerprint density at radius 3 is 2.70 bits per heavy atom. The molecule has 0 aliphatic heterocycles. The largest absolute Gasteiger partial charge is 0.357 e. The maximum absolute atomic E-state index is 4.75. The van der Waals surface area contributed by atoms with Crippen LogP contribution in [-0.4, -0.2) is 33.8 Å². The van der Waals surface area contributed by atoms with Crippen molar-refractivity contribution in [2.75, 3.05) is 13.1 Å². The second kappa shape index (κ2) is 10.9. The Balaban J connectivity index is 0.00000261. The van der Waals surface area contributed by atoms with E-state index in [-0.39, 0.29) is 24.0 Å². The molecule has 0 radical (unpaired) electrons. The number of halogens is 1. The number of nitrogens with zero attached hydrogens (tertiary/aromatic N) is 4. The Bertz CT molecular complexity index is 868. The van der Waals surface area contributed by atoms with E-state index in [9.17, 15) is 0 Å². The predicted molar refractivity (Wildman–Crippen MR) is 122 cm³/mol. The van der Waals surface area contributed by atoms with Gasteiger partial charge in [0.15, 0.2) is 5.96 Å². The molecule has 0 atom stereocenters. The topological polar surface area (TPSA) is 67.1 Å². The summed E-state index contributed by atoms with van der Waals surface area (Å²) in [6, 6.07) is 14.8. The molecule has 1 aromatic heterocycles. The fraction of sp³-hybridized carbons (Fsp3) is 0.350.